The van der Waals surface area contributed by atoms with Crippen molar-refractivity contribution in [3.8, 4) is 0 Å². The van der Waals surface area contributed by atoms with Crippen LogP contribution in [0.15, 0.2) is 6.20 Å². The molecule has 25 heavy (non-hydrogen) atoms. The van der Waals surface area contributed by atoms with E-state index >= 15 is 0 Å². The van der Waals surface area contributed by atoms with Gasteiger partial charge in [-0.2, -0.15) is 4.98 Å². The molecule has 3 rings (SSSR count). The average Bonchev–Trinajstić information content (AvgIpc) is 2.59. The molecule has 1 aliphatic carbocycles. The molecule has 1 amide bonds. The highest BCUT2D eigenvalue weighted by Gasteiger charge is 2.29. The Morgan fingerprint density at radius 3 is 2.60 bits per heavy atom. The van der Waals surface area contributed by atoms with E-state index in [2.05, 4.69) is 27.5 Å². The van der Waals surface area contributed by atoms with Crippen molar-refractivity contribution in [3.05, 3.63) is 6.20 Å². The third kappa shape index (κ3) is 4.50. The molecule has 0 atom stereocenters. The molecule has 8 nitrogen and oxygen atoms in total. The summed E-state index contributed by atoms with van der Waals surface area (Å²) in [5.74, 6) is 1.02. The molecule has 0 radical (unpaired) electrons. The zero-order chi connectivity index (χ0) is 17.9. The Balaban J connectivity index is 1.63. The average molecular weight is 348 g/mol. The monoisotopic (exact) mass is 348 g/mol. The lowest BCUT2D eigenvalue weighted by molar-refractivity contribution is -0.122. The summed E-state index contributed by atoms with van der Waals surface area (Å²) in [6, 6.07) is 0.249. The normalized spacial score (nSPS) is 26.0. The Morgan fingerprint density at radius 2 is 1.96 bits per heavy atom. The highest BCUT2D eigenvalue weighted by molar-refractivity contribution is 5.76. The van der Waals surface area contributed by atoms with Gasteiger partial charge in [-0.05, 0) is 45.4 Å². The van der Waals surface area contributed by atoms with E-state index in [9.17, 15) is 4.79 Å². The molecule has 0 unspecified atom stereocenters. The van der Waals surface area contributed by atoms with Gasteiger partial charge in [-0.15, -0.1) is 0 Å². The van der Waals surface area contributed by atoms with Gasteiger partial charge in [0.1, 0.15) is 0 Å². The fourth-order valence-electron chi connectivity index (χ4n) is 3.50. The third-order valence-corrected chi connectivity index (χ3v) is 5.30. The molecule has 2 fully saturated rings. The zero-order valence-corrected chi connectivity index (χ0v) is 14.8. The second kappa shape index (κ2) is 7.43. The van der Waals surface area contributed by atoms with Gasteiger partial charge in [0.15, 0.2) is 5.82 Å². The van der Waals surface area contributed by atoms with E-state index in [0.29, 0.717) is 17.5 Å². The smallest absolute Gasteiger partial charge is 0.225 e. The quantitative estimate of drug-likeness (QED) is 0.634. The summed E-state index contributed by atoms with van der Waals surface area (Å²) in [7, 11) is 0. The van der Waals surface area contributed by atoms with Crippen LogP contribution in [0.1, 0.15) is 45.4 Å². The lowest BCUT2D eigenvalue weighted by atomic mass is 9.85. The van der Waals surface area contributed by atoms with Gasteiger partial charge in [-0.1, -0.05) is 0 Å². The molecule has 2 heterocycles. The topological polar surface area (TPSA) is 128 Å². The van der Waals surface area contributed by atoms with Crippen LogP contribution in [-0.4, -0.2) is 40.7 Å². The van der Waals surface area contributed by atoms with E-state index in [1.54, 1.807) is 6.20 Å². The Bertz CT molecular complexity index is 609. The van der Waals surface area contributed by atoms with Crippen molar-refractivity contribution >= 4 is 23.4 Å². The predicted octanol–water partition coefficient (Wildman–Crippen LogP) is 1.50. The van der Waals surface area contributed by atoms with Crippen molar-refractivity contribution in [1.82, 2.24) is 9.97 Å². The van der Waals surface area contributed by atoms with E-state index in [-0.39, 0.29) is 23.4 Å². The summed E-state index contributed by atoms with van der Waals surface area (Å²) in [5.41, 5.74) is 11.9. The molecular formula is C17H28N6O2. The molecule has 1 aromatic rings. The number of ether oxygens (including phenoxy) is 1. The van der Waals surface area contributed by atoms with Crippen molar-refractivity contribution in [2.24, 2.45) is 11.7 Å². The Hall–Kier alpha value is -2.09. The van der Waals surface area contributed by atoms with Crippen LogP contribution in [0.2, 0.25) is 0 Å². The Kier molecular flexibility index (Phi) is 5.27. The summed E-state index contributed by atoms with van der Waals surface area (Å²) in [5, 5.41) is 6.83. The Labute approximate surface area is 148 Å². The molecule has 2 aliphatic rings. The summed E-state index contributed by atoms with van der Waals surface area (Å²) >= 11 is 0. The fraction of sp³-hybridized carbons (Fsp3) is 0.706. The number of nitrogen functional groups attached to an aromatic ring is 1. The zero-order valence-electron chi connectivity index (χ0n) is 14.8. The molecular weight excluding hydrogens is 320 g/mol. The van der Waals surface area contributed by atoms with Crippen molar-refractivity contribution < 1.29 is 9.53 Å². The number of amides is 1. The van der Waals surface area contributed by atoms with Gasteiger partial charge >= 0.3 is 0 Å². The van der Waals surface area contributed by atoms with Crippen LogP contribution in [0.4, 0.5) is 17.5 Å². The minimum atomic E-state index is -0.198. The van der Waals surface area contributed by atoms with Crippen LogP contribution in [0.5, 0.6) is 0 Å². The first-order chi connectivity index (χ1) is 12.0. The van der Waals surface area contributed by atoms with Crippen LogP contribution < -0.4 is 22.1 Å². The fourth-order valence-corrected chi connectivity index (χ4v) is 3.50. The number of carbonyl (C=O) groups excluding carboxylic acids is 1. The van der Waals surface area contributed by atoms with Gasteiger partial charge < -0.3 is 26.8 Å². The van der Waals surface area contributed by atoms with Gasteiger partial charge in [0.25, 0.3) is 0 Å². The second-order valence-corrected chi connectivity index (χ2v) is 7.39. The van der Waals surface area contributed by atoms with Crippen molar-refractivity contribution in [2.75, 3.05) is 29.6 Å². The van der Waals surface area contributed by atoms with Crippen molar-refractivity contribution in [2.45, 2.75) is 57.0 Å². The summed E-state index contributed by atoms with van der Waals surface area (Å²) in [6.07, 6.45) is 6.85. The molecule has 138 valence electrons. The number of primary amides is 1. The van der Waals surface area contributed by atoms with Gasteiger partial charge in [-0.3, -0.25) is 4.79 Å². The van der Waals surface area contributed by atoms with Crippen molar-refractivity contribution in [3.63, 3.8) is 0 Å². The van der Waals surface area contributed by atoms with Crippen LogP contribution >= 0.6 is 0 Å². The molecule has 1 saturated heterocycles. The standard InChI is InChI=1S/C17H28N6O2/c1-17(6-8-25-9-7-17)23-16-20-10-13(18)15(22-16)21-12-4-2-11(3-5-12)14(19)24/h10-12H,2-9,18H2,1H3,(H2,19,24)(H2,20,21,22,23)/t11-,12+. The van der Waals surface area contributed by atoms with Gasteiger partial charge in [0, 0.05) is 30.7 Å². The highest BCUT2D eigenvalue weighted by atomic mass is 16.5. The number of nitrogens with one attached hydrogen (secondary N) is 2. The Morgan fingerprint density at radius 1 is 1.28 bits per heavy atom. The van der Waals surface area contributed by atoms with E-state index in [1.165, 1.54) is 0 Å². The predicted molar refractivity (Wildman–Crippen MR) is 97.1 cm³/mol. The molecule has 8 heteroatoms. The lowest BCUT2D eigenvalue weighted by Crippen LogP contribution is -2.41. The minimum absolute atomic E-state index is 0.00788. The third-order valence-electron chi connectivity index (χ3n) is 5.30. The largest absolute Gasteiger partial charge is 0.394 e. The number of nitrogens with two attached hydrogens (primary N) is 2. The number of rotatable bonds is 5. The first-order valence-electron chi connectivity index (χ1n) is 8.99. The maximum atomic E-state index is 11.3. The van der Waals surface area contributed by atoms with Crippen LogP contribution in [0, 0.1) is 5.92 Å². The van der Waals surface area contributed by atoms with Crippen molar-refractivity contribution in [1.29, 1.82) is 0 Å². The van der Waals surface area contributed by atoms with E-state index in [0.717, 1.165) is 51.7 Å². The maximum Gasteiger partial charge on any atom is 0.225 e. The molecule has 6 N–H and O–H groups in total. The molecule has 0 spiro atoms. The van der Waals surface area contributed by atoms with E-state index < -0.39 is 0 Å². The summed E-state index contributed by atoms with van der Waals surface area (Å²) < 4.78 is 5.43. The van der Waals surface area contributed by atoms with E-state index in [1.807, 2.05) is 0 Å². The molecule has 0 bridgehead atoms. The van der Waals surface area contributed by atoms with Gasteiger partial charge in [0.2, 0.25) is 11.9 Å². The molecule has 0 aromatic carbocycles. The number of carbonyl (C=O) groups is 1. The minimum Gasteiger partial charge on any atom is -0.394 e. The number of hydrogen-bond acceptors (Lipinski definition) is 7. The highest BCUT2D eigenvalue weighted by Crippen LogP contribution is 2.29. The van der Waals surface area contributed by atoms with Gasteiger partial charge in [0.05, 0.1) is 11.9 Å². The summed E-state index contributed by atoms with van der Waals surface area (Å²) in [4.78, 5) is 20.2. The lowest BCUT2D eigenvalue weighted by Gasteiger charge is -2.34. The summed E-state index contributed by atoms with van der Waals surface area (Å²) in [6.45, 7) is 3.65. The molecule has 1 saturated carbocycles. The number of aromatic nitrogens is 2. The first kappa shape index (κ1) is 17.7. The number of anilines is 3. The number of nitrogens with zero attached hydrogens (tertiary/aromatic N) is 2. The van der Waals surface area contributed by atoms with Crippen LogP contribution in [-0.2, 0) is 9.53 Å². The van der Waals surface area contributed by atoms with Crippen LogP contribution in [0.25, 0.3) is 0 Å². The molecule has 1 aliphatic heterocycles. The van der Waals surface area contributed by atoms with Crippen LogP contribution in [0.3, 0.4) is 0 Å². The van der Waals surface area contributed by atoms with E-state index in [4.69, 9.17) is 16.2 Å². The number of hydrogen-bond donors (Lipinski definition) is 4. The first-order valence-corrected chi connectivity index (χ1v) is 8.99. The SMILES string of the molecule is CC1(Nc2ncc(N)c(N[C@H]3CC[C@@H](C(N)=O)CC3)n2)CCOCC1. The van der Waals surface area contributed by atoms with Gasteiger partial charge in [-0.25, -0.2) is 4.98 Å². The molecule has 1 aromatic heterocycles. The second-order valence-electron chi connectivity index (χ2n) is 7.39. The maximum absolute atomic E-state index is 11.3.